The highest BCUT2D eigenvalue weighted by atomic mass is 32.1. The molecule has 7 heteroatoms. The topological polar surface area (TPSA) is 64.6 Å². The number of ether oxygens (including phenoxy) is 2. The zero-order valence-corrected chi connectivity index (χ0v) is 18.9. The fraction of sp³-hybridized carbons (Fsp3) is 0.435. The molecule has 6 nitrogen and oxygen atoms in total. The van der Waals surface area contributed by atoms with Crippen molar-refractivity contribution in [2.75, 3.05) is 20.8 Å². The number of carbonyl (C=O) groups is 1. The SMILES string of the molecule is CCc1nc(C)c2c(C)c(C(=O)N3CCCC3c3ccc(OC)cc3OC)sc2n1. The van der Waals surface area contributed by atoms with Gasteiger partial charge >= 0.3 is 0 Å². The smallest absolute Gasteiger partial charge is 0.264 e. The molecule has 0 radical (unpaired) electrons. The van der Waals surface area contributed by atoms with Gasteiger partial charge in [0.25, 0.3) is 5.91 Å². The molecule has 3 heterocycles. The van der Waals surface area contributed by atoms with E-state index in [9.17, 15) is 4.79 Å². The number of hydrogen-bond acceptors (Lipinski definition) is 6. The molecule has 0 saturated carbocycles. The lowest BCUT2D eigenvalue weighted by atomic mass is 10.0. The number of aromatic nitrogens is 2. The quantitative estimate of drug-likeness (QED) is 0.584. The van der Waals surface area contributed by atoms with Crippen molar-refractivity contribution in [2.24, 2.45) is 0 Å². The number of amides is 1. The number of thiophene rings is 1. The van der Waals surface area contributed by atoms with Crippen LogP contribution in [0.1, 0.15) is 58.1 Å². The largest absolute Gasteiger partial charge is 0.497 e. The summed E-state index contributed by atoms with van der Waals surface area (Å²) < 4.78 is 10.9. The minimum atomic E-state index is -0.0126. The standard InChI is InChI=1S/C23H27N3O3S/c1-6-19-24-14(3)20-13(2)21(30-22(20)25-19)23(27)26-11-7-8-17(26)16-10-9-15(28-4)12-18(16)29-5/h9-10,12,17H,6-8,11H2,1-5H3. The summed E-state index contributed by atoms with van der Waals surface area (Å²) in [6.07, 6.45) is 2.66. The van der Waals surface area contributed by atoms with E-state index in [2.05, 4.69) is 9.97 Å². The fourth-order valence-corrected chi connectivity index (χ4v) is 5.52. The van der Waals surface area contributed by atoms with E-state index < -0.39 is 0 Å². The number of fused-ring (bicyclic) bond motifs is 1. The van der Waals surface area contributed by atoms with E-state index in [-0.39, 0.29) is 11.9 Å². The number of nitrogens with zero attached hydrogens (tertiary/aromatic N) is 3. The van der Waals surface area contributed by atoms with Crippen molar-refractivity contribution in [3.8, 4) is 11.5 Å². The first-order valence-corrected chi connectivity index (χ1v) is 11.1. The first kappa shape index (κ1) is 20.6. The normalized spacial score (nSPS) is 16.3. The summed E-state index contributed by atoms with van der Waals surface area (Å²) in [5.74, 6) is 2.38. The summed E-state index contributed by atoms with van der Waals surface area (Å²) in [5, 5.41) is 1.01. The summed E-state index contributed by atoms with van der Waals surface area (Å²) in [4.78, 5) is 26.5. The van der Waals surface area contributed by atoms with Crippen LogP contribution in [0.25, 0.3) is 10.2 Å². The highest BCUT2D eigenvalue weighted by Crippen LogP contribution is 2.41. The summed E-state index contributed by atoms with van der Waals surface area (Å²) in [7, 11) is 3.29. The Hall–Kier alpha value is -2.67. The van der Waals surface area contributed by atoms with E-state index >= 15 is 0 Å². The molecule has 1 aliphatic rings. The van der Waals surface area contributed by atoms with Gasteiger partial charge in [-0.3, -0.25) is 4.79 Å². The third-order valence-electron chi connectivity index (χ3n) is 5.84. The van der Waals surface area contributed by atoms with Crippen molar-refractivity contribution in [3.63, 3.8) is 0 Å². The second-order valence-corrected chi connectivity index (χ2v) is 8.58. The average molecular weight is 426 g/mol. The average Bonchev–Trinajstić information content (AvgIpc) is 3.37. The molecular weight excluding hydrogens is 398 g/mol. The number of carbonyl (C=O) groups excluding carboxylic acids is 1. The van der Waals surface area contributed by atoms with Crippen molar-refractivity contribution >= 4 is 27.5 Å². The molecule has 0 aliphatic carbocycles. The molecule has 4 rings (SSSR count). The van der Waals surface area contributed by atoms with E-state index in [0.717, 1.165) is 75.0 Å². The first-order valence-electron chi connectivity index (χ1n) is 10.3. The maximum absolute atomic E-state index is 13.6. The highest BCUT2D eigenvalue weighted by molar-refractivity contribution is 7.20. The molecule has 1 aliphatic heterocycles. The van der Waals surface area contributed by atoms with Gasteiger partial charge in [0.2, 0.25) is 0 Å². The molecule has 158 valence electrons. The van der Waals surface area contributed by atoms with Gasteiger partial charge in [0, 0.05) is 35.7 Å². The van der Waals surface area contributed by atoms with Crippen molar-refractivity contribution in [2.45, 2.75) is 46.1 Å². The lowest BCUT2D eigenvalue weighted by Gasteiger charge is -2.26. The molecule has 0 N–H and O–H groups in total. The number of benzene rings is 1. The maximum Gasteiger partial charge on any atom is 0.264 e. The van der Waals surface area contributed by atoms with E-state index in [1.165, 1.54) is 11.3 Å². The van der Waals surface area contributed by atoms with Gasteiger partial charge in [0.05, 0.1) is 25.1 Å². The van der Waals surface area contributed by atoms with Crippen molar-refractivity contribution in [3.05, 3.63) is 45.7 Å². The van der Waals surface area contributed by atoms with Crippen LogP contribution < -0.4 is 9.47 Å². The molecule has 0 bridgehead atoms. The van der Waals surface area contributed by atoms with Crippen LogP contribution >= 0.6 is 11.3 Å². The Kier molecular flexibility index (Phi) is 5.64. The van der Waals surface area contributed by atoms with Crippen molar-refractivity contribution in [1.82, 2.24) is 14.9 Å². The van der Waals surface area contributed by atoms with Gasteiger partial charge in [-0.1, -0.05) is 6.92 Å². The monoisotopic (exact) mass is 425 g/mol. The van der Waals surface area contributed by atoms with Crippen LogP contribution in [0.4, 0.5) is 0 Å². The Morgan fingerprint density at radius 1 is 1.23 bits per heavy atom. The predicted octanol–water partition coefficient (Wildman–Crippen LogP) is 4.87. The molecule has 1 atom stereocenters. The van der Waals surface area contributed by atoms with E-state index in [0.29, 0.717) is 0 Å². The molecule has 1 saturated heterocycles. The van der Waals surface area contributed by atoms with Crippen LogP contribution in [-0.4, -0.2) is 41.5 Å². The van der Waals surface area contributed by atoms with Gasteiger partial charge in [-0.25, -0.2) is 9.97 Å². The van der Waals surface area contributed by atoms with Gasteiger partial charge in [0.15, 0.2) is 0 Å². The van der Waals surface area contributed by atoms with Gasteiger partial charge < -0.3 is 14.4 Å². The molecule has 1 aromatic carbocycles. The predicted molar refractivity (Wildman–Crippen MR) is 119 cm³/mol. The molecule has 1 amide bonds. The Labute approximate surface area is 180 Å². The molecule has 30 heavy (non-hydrogen) atoms. The maximum atomic E-state index is 13.6. The van der Waals surface area contributed by atoms with Crippen LogP contribution in [0.2, 0.25) is 0 Å². The molecule has 0 spiro atoms. The molecule has 1 unspecified atom stereocenters. The minimum Gasteiger partial charge on any atom is -0.497 e. The molecular formula is C23H27N3O3S. The van der Waals surface area contributed by atoms with Gasteiger partial charge in [-0.2, -0.15) is 0 Å². The van der Waals surface area contributed by atoms with Crippen molar-refractivity contribution in [1.29, 1.82) is 0 Å². The zero-order valence-electron chi connectivity index (χ0n) is 18.1. The highest BCUT2D eigenvalue weighted by Gasteiger charge is 2.34. The Bertz CT molecular complexity index is 1110. The van der Waals surface area contributed by atoms with Crippen LogP contribution in [0, 0.1) is 13.8 Å². The lowest BCUT2D eigenvalue weighted by molar-refractivity contribution is 0.0738. The molecule has 3 aromatic rings. The molecule has 2 aromatic heterocycles. The van der Waals surface area contributed by atoms with Crippen LogP contribution in [0.3, 0.4) is 0 Å². The summed E-state index contributed by atoms with van der Waals surface area (Å²) in [5.41, 5.74) is 2.94. The summed E-state index contributed by atoms with van der Waals surface area (Å²) in [6, 6.07) is 5.80. The second kappa shape index (κ2) is 8.22. The summed E-state index contributed by atoms with van der Waals surface area (Å²) >= 11 is 1.48. The van der Waals surface area contributed by atoms with Crippen LogP contribution in [0.15, 0.2) is 18.2 Å². The fourth-order valence-electron chi connectivity index (χ4n) is 4.31. The van der Waals surface area contributed by atoms with Gasteiger partial charge in [0.1, 0.15) is 22.2 Å². The van der Waals surface area contributed by atoms with E-state index in [1.807, 2.05) is 43.9 Å². The Balaban J connectivity index is 1.73. The molecule has 1 fully saturated rings. The third kappa shape index (κ3) is 3.41. The number of aryl methyl sites for hydroxylation is 3. The van der Waals surface area contributed by atoms with E-state index in [1.54, 1.807) is 14.2 Å². The summed E-state index contributed by atoms with van der Waals surface area (Å²) in [6.45, 7) is 6.78. The van der Waals surface area contributed by atoms with E-state index in [4.69, 9.17) is 9.47 Å². The Morgan fingerprint density at radius 2 is 2.03 bits per heavy atom. The number of methoxy groups -OCH3 is 2. The van der Waals surface area contributed by atoms with Crippen LogP contribution in [0.5, 0.6) is 11.5 Å². The van der Waals surface area contributed by atoms with Crippen LogP contribution in [-0.2, 0) is 6.42 Å². The minimum absolute atomic E-state index is 0.0126. The number of hydrogen-bond donors (Lipinski definition) is 0. The second-order valence-electron chi connectivity index (χ2n) is 7.58. The van der Waals surface area contributed by atoms with Crippen molar-refractivity contribution < 1.29 is 14.3 Å². The number of likely N-dealkylation sites (tertiary alicyclic amines) is 1. The number of rotatable bonds is 5. The zero-order chi connectivity index (χ0) is 21.4. The third-order valence-corrected chi connectivity index (χ3v) is 7.01. The van der Waals surface area contributed by atoms with Gasteiger partial charge in [-0.05, 0) is 44.4 Å². The van der Waals surface area contributed by atoms with Gasteiger partial charge in [-0.15, -0.1) is 11.3 Å². The first-order chi connectivity index (χ1) is 14.5. The lowest BCUT2D eigenvalue weighted by Crippen LogP contribution is -2.30. The Morgan fingerprint density at radius 3 is 2.73 bits per heavy atom.